The number of aromatic nitrogens is 2. The van der Waals surface area contributed by atoms with E-state index >= 15 is 0 Å². The minimum Gasteiger partial charge on any atom is -0.356 e. The van der Waals surface area contributed by atoms with Crippen LogP contribution in [-0.4, -0.2) is 59.6 Å². The number of carbonyl (C=O) groups excluding carboxylic acids is 1. The van der Waals surface area contributed by atoms with Crippen LogP contribution in [0.2, 0.25) is 0 Å². The molecule has 1 aliphatic heterocycles. The van der Waals surface area contributed by atoms with Gasteiger partial charge in [0.2, 0.25) is 11.8 Å². The van der Waals surface area contributed by atoms with E-state index in [0.29, 0.717) is 18.9 Å². The predicted molar refractivity (Wildman–Crippen MR) is 112 cm³/mol. The van der Waals surface area contributed by atoms with Crippen molar-refractivity contribution in [1.29, 1.82) is 0 Å². The molecule has 1 fully saturated rings. The zero-order chi connectivity index (χ0) is 18.4. The molecule has 0 radical (unpaired) electrons. The molecule has 26 heavy (non-hydrogen) atoms. The molecular formula is C17H31IN6O2. The van der Waals surface area contributed by atoms with E-state index in [1.54, 1.807) is 7.05 Å². The number of amides is 1. The fourth-order valence-corrected chi connectivity index (χ4v) is 2.72. The van der Waals surface area contributed by atoms with Crippen LogP contribution in [0.25, 0.3) is 0 Å². The smallest absolute Gasteiger partial charge is 0.228 e. The molecule has 1 unspecified atom stereocenters. The highest BCUT2D eigenvalue weighted by atomic mass is 127. The van der Waals surface area contributed by atoms with E-state index < -0.39 is 0 Å². The van der Waals surface area contributed by atoms with Gasteiger partial charge in [-0.05, 0) is 6.42 Å². The summed E-state index contributed by atoms with van der Waals surface area (Å²) in [7, 11) is 1.74. The highest BCUT2D eigenvalue weighted by Crippen LogP contribution is 2.13. The SMILES string of the molecule is CN=C(NCCc1nc(C(C)C)no1)NC1CCN(C(=O)C(C)C)C1.I. The fraction of sp³-hybridized carbons (Fsp3) is 0.765. The molecule has 2 heterocycles. The minimum atomic E-state index is 0. The molecule has 0 saturated carbocycles. The van der Waals surface area contributed by atoms with Gasteiger partial charge in [-0.15, -0.1) is 24.0 Å². The topological polar surface area (TPSA) is 95.7 Å². The standard InChI is InChI=1S/C17H30N6O2.HI/c1-11(2)15-21-14(25-22-15)6-8-19-17(18-5)20-13-7-9-23(10-13)16(24)12(3)4;/h11-13H,6-10H2,1-5H3,(H2,18,19,20);1H. The van der Waals surface area contributed by atoms with Crippen LogP contribution in [0.1, 0.15) is 51.7 Å². The number of hydrogen-bond acceptors (Lipinski definition) is 5. The molecule has 8 nitrogen and oxygen atoms in total. The number of nitrogens with zero attached hydrogens (tertiary/aromatic N) is 4. The molecule has 1 atom stereocenters. The van der Waals surface area contributed by atoms with Crippen molar-refractivity contribution in [2.45, 2.75) is 52.5 Å². The van der Waals surface area contributed by atoms with E-state index in [9.17, 15) is 4.79 Å². The van der Waals surface area contributed by atoms with E-state index in [0.717, 1.165) is 31.3 Å². The Kier molecular flexibility index (Phi) is 9.31. The van der Waals surface area contributed by atoms with Crippen LogP contribution < -0.4 is 10.6 Å². The number of aliphatic imine (C=N–C) groups is 1. The van der Waals surface area contributed by atoms with E-state index in [2.05, 4.69) is 25.8 Å². The Morgan fingerprint density at radius 2 is 2.12 bits per heavy atom. The maximum Gasteiger partial charge on any atom is 0.228 e. The third-order valence-corrected chi connectivity index (χ3v) is 4.19. The van der Waals surface area contributed by atoms with Crippen molar-refractivity contribution >= 4 is 35.8 Å². The van der Waals surface area contributed by atoms with Crippen LogP contribution in [0.4, 0.5) is 0 Å². The Balaban J connectivity index is 0.00000338. The summed E-state index contributed by atoms with van der Waals surface area (Å²) in [5.74, 6) is 2.61. The number of hydrogen-bond donors (Lipinski definition) is 2. The highest BCUT2D eigenvalue weighted by Gasteiger charge is 2.27. The summed E-state index contributed by atoms with van der Waals surface area (Å²) in [5, 5.41) is 10.6. The van der Waals surface area contributed by atoms with E-state index in [1.807, 2.05) is 32.6 Å². The van der Waals surface area contributed by atoms with E-state index in [1.165, 1.54) is 0 Å². The average Bonchev–Trinajstić information content (AvgIpc) is 3.22. The van der Waals surface area contributed by atoms with Gasteiger partial charge in [0.1, 0.15) is 0 Å². The Morgan fingerprint density at radius 3 is 2.69 bits per heavy atom. The van der Waals surface area contributed by atoms with Crippen LogP contribution in [0.3, 0.4) is 0 Å². The number of rotatable bonds is 6. The van der Waals surface area contributed by atoms with Crippen LogP contribution in [0.15, 0.2) is 9.52 Å². The molecule has 1 aromatic heterocycles. The lowest BCUT2D eigenvalue weighted by Gasteiger charge is -2.20. The van der Waals surface area contributed by atoms with Crippen molar-refractivity contribution in [2.75, 3.05) is 26.7 Å². The summed E-state index contributed by atoms with van der Waals surface area (Å²) in [6, 6.07) is 0.227. The number of halogens is 1. The summed E-state index contributed by atoms with van der Waals surface area (Å²) in [5.41, 5.74) is 0. The van der Waals surface area contributed by atoms with Crippen LogP contribution in [-0.2, 0) is 11.2 Å². The fourth-order valence-electron chi connectivity index (χ4n) is 2.72. The lowest BCUT2D eigenvalue weighted by atomic mass is 10.2. The van der Waals surface area contributed by atoms with E-state index in [4.69, 9.17) is 4.52 Å². The number of guanidine groups is 1. The van der Waals surface area contributed by atoms with Crippen molar-refractivity contribution in [3.63, 3.8) is 0 Å². The largest absolute Gasteiger partial charge is 0.356 e. The first-order chi connectivity index (χ1) is 11.9. The second-order valence-corrected chi connectivity index (χ2v) is 7.02. The predicted octanol–water partition coefficient (Wildman–Crippen LogP) is 1.78. The first kappa shape index (κ1) is 22.7. The molecule has 1 saturated heterocycles. The van der Waals surface area contributed by atoms with Gasteiger partial charge in [-0.2, -0.15) is 4.98 Å². The summed E-state index contributed by atoms with van der Waals surface area (Å²) >= 11 is 0. The molecule has 1 aliphatic rings. The third kappa shape index (κ3) is 6.40. The van der Waals surface area contributed by atoms with Gasteiger partial charge in [-0.3, -0.25) is 9.79 Å². The van der Waals surface area contributed by atoms with Gasteiger partial charge in [0.05, 0.1) is 0 Å². The summed E-state index contributed by atoms with van der Waals surface area (Å²) in [6.45, 7) is 10.1. The zero-order valence-electron chi connectivity index (χ0n) is 16.3. The molecule has 0 aliphatic carbocycles. The van der Waals surface area contributed by atoms with Crippen molar-refractivity contribution < 1.29 is 9.32 Å². The molecule has 2 rings (SSSR count). The summed E-state index contributed by atoms with van der Waals surface area (Å²) in [4.78, 5) is 22.6. The zero-order valence-corrected chi connectivity index (χ0v) is 18.6. The molecule has 2 N–H and O–H groups in total. The van der Waals surface area contributed by atoms with Gasteiger partial charge in [-0.25, -0.2) is 0 Å². The quantitative estimate of drug-likeness (QED) is 0.368. The van der Waals surface area contributed by atoms with Crippen LogP contribution in [0.5, 0.6) is 0 Å². The average molecular weight is 478 g/mol. The normalized spacial score (nSPS) is 17.6. The Labute approximate surface area is 172 Å². The number of nitrogens with one attached hydrogen (secondary N) is 2. The van der Waals surface area contributed by atoms with Crippen molar-refractivity contribution in [2.24, 2.45) is 10.9 Å². The second-order valence-electron chi connectivity index (χ2n) is 7.02. The van der Waals surface area contributed by atoms with Gasteiger partial charge >= 0.3 is 0 Å². The first-order valence-corrected chi connectivity index (χ1v) is 8.99. The Hall–Kier alpha value is -1.39. The van der Waals surface area contributed by atoms with Gasteiger partial charge in [0.25, 0.3) is 0 Å². The Bertz CT molecular complexity index is 602. The Morgan fingerprint density at radius 1 is 1.38 bits per heavy atom. The van der Waals surface area contributed by atoms with Crippen LogP contribution >= 0.6 is 24.0 Å². The van der Waals surface area contributed by atoms with Crippen molar-refractivity contribution in [3.8, 4) is 0 Å². The molecule has 148 valence electrons. The third-order valence-electron chi connectivity index (χ3n) is 4.19. The molecule has 0 bridgehead atoms. The van der Waals surface area contributed by atoms with Crippen molar-refractivity contribution in [3.05, 3.63) is 11.7 Å². The molecule has 0 aromatic carbocycles. The molecular weight excluding hydrogens is 447 g/mol. The number of likely N-dealkylation sites (tertiary alicyclic amines) is 1. The van der Waals surface area contributed by atoms with Crippen LogP contribution in [0, 0.1) is 5.92 Å². The first-order valence-electron chi connectivity index (χ1n) is 8.99. The number of carbonyl (C=O) groups is 1. The van der Waals surface area contributed by atoms with Crippen molar-refractivity contribution in [1.82, 2.24) is 25.7 Å². The van der Waals surface area contributed by atoms with E-state index in [-0.39, 0.29) is 47.8 Å². The maximum atomic E-state index is 12.1. The molecule has 9 heteroatoms. The second kappa shape index (κ2) is 10.7. The minimum absolute atomic E-state index is 0. The van der Waals surface area contributed by atoms with Gasteiger partial charge < -0.3 is 20.1 Å². The van der Waals surface area contributed by atoms with Gasteiger partial charge in [0.15, 0.2) is 11.8 Å². The summed E-state index contributed by atoms with van der Waals surface area (Å²) < 4.78 is 5.23. The molecule has 0 spiro atoms. The molecule has 1 aromatic rings. The van der Waals surface area contributed by atoms with Gasteiger partial charge in [0, 0.05) is 51.0 Å². The lowest BCUT2D eigenvalue weighted by Crippen LogP contribution is -2.45. The lowest BCUT2D eigenvalue weighted by molar-refractivity contribution is -0.133. The maximum absolute atomic E-state index is 12.1. The monoisotopic (exact) mass is 478 g/mol. The summed E-state index contributed by atoms with van der Waals surface area (Å²) in [6.07, 6.45) is 1.57. The highest BCUT2D eigenvalue weighted by molar-refractivity contribution is 14.0. The molecule has 1 amide bonds. The van der Waals surface area contributed by atoms with Gasteiger partial charge in [-0.1, -0.05) is 32.9 Å².